The van der Waals surface area contributed by atoms with Gasteiger partial charge in [0.2, 0.25) is 5.95 Å². The van der Waals surface area contributed by atoms with Crippen molar-refractivity contribution >= 4 is 34.6 Å². The van der Waals surface area contributed by atoms with E-state index < -0.39 is 5.95 Å². The second kappa shape index (κ2) is 10.5. The first-order valence-electron chi connectivity index (χ1n) is 11.7. The summed E-state index contributed by atoms with van der Waals surface area (Å²) in [5.41, 5.74) is 4.15. The molecule has 1 N–H and O–H groups in total. The van der Waals surface area contributed by atoms with Gasteiger partial charge in [-0.3, -0.25) is 9.47 Å². The highest BCUT2D eigenvalue weighted by molar-refractivity contribution is 6.30. The number of nitriles is 1. The van der Waals surface area contributed by atoms with E-state index in [0.29, 0.717) is 53.3 Å². The Bertz CT molecular complexity index is 1570. The van der Waals surface area contributed by atoms with Gasteiger partial charge in [-0.2, -0.15) is 9.65 Å². The van der Waals surface area contributed by atoms with Gasteiger partial charge >= 0.3 is 6.03 Å². The number of hydrogen-bond donors (Lipinski definition) is 1. The van der Waals surface area contributed by atoms with Crippen molar-refractivity contribution < 1.29 is 13.6 Å². The number of benzene rings is 2. The molecule has 6 nitrogen and oxygen atoms in total. The van der Waals surface area contributed by atoms with Crippen molar-refractivity contribution in [2.24, 2.45) is 0 Å². The molecule has 2 aromatic heterocycles. The molecule has 0 unspecified atom stereocenters. The Balaban J connectivity index is 1.39. The molecule has 3 heterocycles. The van der Waals surface area contributed by atoms with E-state index >= 15 is 0 Å². The maximum atomic E-state index is 14.1. The molecule has 0 spiro atoms. The second-order valence-electron chi connectivity index (χ2n) is 8.80. The van der Waals surface area contributed by atoms with Gasteiger partial charge in [-0.05, 0) is 53.6 Å². The summed E-state index contributed by atoms with van der Waals surface area (Å²) in [4.78, 5) is 19.0. The molecule has 1 aliphatic rings. The van der Waals surface area contributed by atoms with Crippen LogP contribution in [0, 0.1) is 23.1 Å². The molecule has 0 atom stereocenters. The van der Waals surface area contributed by atoms with Gasteiger partial charge in [-0.1, -0.05) is 29.8 Å². The number of fused-ring (bicyclic) bond motifs is 3. The van der Waals surface area contributed by atoms with E-state index in [0.717, 1.165) is 16.6 Å². The molecule has 0 aliphatic carbocycles. The van der Waals surface area contributed by atoms with Crippen LogP contribution in [0.15, 0.2) is 60.8 Å². The third-order valence-corrected chi connectivity index (χ3v) is 6.65. The van der Waals surface area contributed by atoms with Crippen molar-refractivity contribution in [3.05, 3.63) is 106 Å². The molecule has 5 rings (SSSR count). The molecule has 0 fully saturated rings. The molecule has 0 bridgehead atoms. The van der Waals surface area contributed by atoms with Gasteiger partial charge in [0.25, 0.3) is 0 Å². The summed E-state index contributed by atoms with van der Waals surface area (Å²) >= 11 is 5.83. The summed E-state index contributed by atoms with van der Waals surface area (Å²) in [5.74, 6) is -0.982. The van der Waals surface area contributed by atoms with Crippen molar-refractivity contribution in [2.45, 2.75) is 19.5 Å². The zero-order valence-corrected chi connectivity index (χ0v) is 20.5. The first-order chi connectivity index (χ1) is 17.9. The van der Waals surface area contributed by atoms with Crippen LogP contribution in [0.25, 0.3) is 17.0 Å². The maximum absolute atomic E-state index is 14.1. The minimum Gasteiger partial charge on any atom is -0.333 e. The Hall–Kier alpha value is -4.06. The van der Waals surface area contributed by atoms with Crippen LogP contribution in [-0.4, -0.2) is 33.6 Å². The Morgan fingerprint density at radius 3 is 2.84 bits per heavy atom. The molecule has 2 aromatic carbocycles. The van der Waals surface area contributed by atoms with Crippen LogP contribution in [0.5, 0.6) is 0 Å². The molecule has 4 aromatic rings. The van der Waals surface area contributed by atoms with Crippen molar-refractivity contribution in [1.82, 2.24) is 19.8 Å². The van der Waals surface area contributed by atoms with E-state index in [4.69, 9.17) is 11.6 Å². The standard InChI is InChI=1S/C28H22ClF2N5O/c29-21-5-4-20(24(30)14-21)2-1-10-35-11-8-26-23(17-35)22-12-18(15-32)3-6-25(22)36(26)28(37)34-16-19-7-9-33-27(31)13-19/h1-7,9,12-14H,8,10-11,16-17H2,(H,34,37)/b2-1+. The van der Waals surface area contributed by atoms with Crippen LogP contribution >= 0.6 is 11.6 Å². The summed E-state index contributed by atoms with van der Waals surface area (Å²) in [6.07, 6.45) is 5.61. The van der Waals surface area contributed by atoms with Crippen LogP contribution < -0.4 is 5.32 Å². The quantitative estimate of drug-likeness (QED) is 0.346. The predicted molar refractivity (Wildman–Crippen MR) is 138 cm³/mol. The van der Waals surface area contributed by atoms with Gasteiger partial charge in [-0.25, -0.2) is 14.2 Å². The summed E-state index contributed by atoms with van der Waals surface area (Å²) in [7, 11) is 0. The monoisotopic (exact) mass is 517 g/mol. The predicted octanol–water partition coefficient (Wildman–Crippen LogP) is 5.67. The van der Waals surface area contributed by atoms with E-state index in [-0.39, 0.29) is 18.4 Å². The van der Waals surface area contributed by atoms with Crippen LogP contribution in [0.3, 0.4) is 0 Å². The number of pyridine rings is 1. The molecule has 37 heavy (non-hydrogen) atoms. The third-order valence-electron chi connectivity index (χ3n) is 6.42. The molecule has 1 amide bonds. The van der Waals surface area contributed by atoms with Crippen molar-refractivity contribution in [3.63, 3.8) is 0 Å². The smallest absolute Gasteiger partial charge is 0.326 e. The minimum atomic E-state index is -0.604. The van der Waals surface area contributed by atoms with Gasteiger partial charge in [0, 0.05) is 60.5 Å². The second-order valence-corrected chi connectivity index (χ2v) is 9.24. The highest BCUT2D eigenvalue weighted by atomic mass is 35.5. The number of nitrogens with zero attached hydrogens (tertiary/aromatic N) is 4. The fraction of sp³-hybridized carbons (Fsp3) is 0.179. The summed E-state index contributed by atoms with van der Waals surface area (Å²) < 4.78 is 29.2. The lowest BCUT2D eigenvalue weighted by molar-refractivity contribution is 0.240. The van der Waals surface area contributed by atoms with E-state index in [1.165, 1.54) is 18.3 Å². The summed E-state index contributed by atoms with van der Waals surface area (Å²) in [6.45, 7) is 2.02. The average Bonchev–Trinajstić information content (AvgIpc) is 3.21. The fourth-order valence-electron chi connectivity index (χ4n) is 4.65. The Morgan fingerprint density at radius 2 is 2.05 bits per heavy atom. The molecule has 0 saturated carbocycles. The summed E-state index contributed by atoms with van der Waals surface area (Å²) in [6, 6.07) is 14.6. The van der Waals surface area contributed by atoms with E-state index in [1.54, 1.807) is 47.0 Å². The van der Waals surface area contributed by atoms with Crippen LogP contribution in [0.4, 0.5) is 13.6 Å². The number of carbonyl (C=O) groups excluding carboxylic acids is 1. The number of carbonyl (C=O) groups is 1. The molecule has 0 radical (unpaired) electrons. The molecule has 186 valence electrons. The highest BCUT2D eigenvalue weighted by Crippen LogP contribution is 2.32. The number of hydrogen-bond acceptors (Lipinski definition) is 4. The molecular weight excluding hydrogens is 496 g/mol. The zero-order chi connectivity index (χ0) is 25.9. The van der Waals surface area contributed by atoms with E-state index in [2.05, 4.69) is 21.3 Å². The SMILES string of the molecule is N#Cc1ccc2c(c1)c1c(n2C(=O)NCc2ccnc(F)c2)CCN(C/C=C/c2ccc(Cl)cc2F)C1. The Labute approximate surface area is 217 Å². The normalized spacial score (nSPS) is 13.6. The first kappa shape index (κ1) is 24.6. The van der Waals surface area contributed by atoms with Gasteiger partial charge < -0.3 is 5.32 Å². The number of halogens is 3. The largest absolute Gasteiger partial charge is 0.333 e. The minimum absolute atomic E-state index is 0.154. The van der Waals surface area contributed by atoms with Crippen molar-refractivity contribution in [3.8, 4) is 6.07 Å². The van der Waals surface area contributed by atoms with Gasteiger partial charge in [0.15, 0.2) is 0 Å². The Kier molecular flexibility index (Phi) is 6.99. The zero-order valence-electron chi connectivity index (χ0n) is 19.7. The van der Waals surface area contributed by atoms with Gasteiger partial charge in [0.05, 0.1) is 17.1 Å². The highest BCUT2D eigenvalue weighted by Gasteiger charge is 2.26. The lowest BCUT2D eigenvalue weighted by Crippen LogP contribution is -2.34. The first-order valence-corrected chi connectivity index (χ1v) is 12.1. The maximum Gasteiger partial charge on any atom is 0.326 e. The Morgan fingerprint density at radius 1 is 1.19 bits per heavy atom. The van der Waals surface area contributed by atoms with E-state index in [9.17, 15) is 18.8 Å². The van der Waals surface area contributed by atoms with Crippen LogP contribution in [0.2, 0.25) is 5.02 Å². The number of rotatable bonds is 5. The average molecular weight is 518 g/mol. The number of aromatic nitrogens is 2. The van der Waals surface area contributed by atoms with Crippen molar-refractivity contribution in [1.29, 1.82) is 5.26 Å². The lowest BCUT2D eigenvalue weighted by Gasteiger charge is -2.27. The molecule has 0 saturated heterocycles. The van der Waals surface area contributed by atoms with Crippen molar-refractivity contribution in [2.75, 3.05) is 13.1 Å². The summed E-state index contributed by atoms with van der Waals surface area (Å²) in [5, 5.41) is 13.5. The lowest BCUT2D eigenvalue weighted by atomic mass is 10.0. The molecule has 1 aliphatic heterocycles. The topological polar surface area (TPSA) is 74.0 Å². The molecule has 9 heteroatoms. The van der Waals surface area contributed by atoms with Gasteiger partial charge in [0.1, 0.15) is 5.82 Å². The van der Waals surface area contributed by atoms with Crippen LogP contribution in [-0.2, 0) is 19.5 Å². The number of amides is 1. The number of nitrogens with one attached hydrogen (secondary N) is 1. The third kappa shape index (κ3) is 5.24. The van der Waals surface area contributed by atoms with E-state index in [1.807, 2.05) is 6.08 Å². The molecular formula is C28H22ClF2N5O. The van der Waals surface area contributed by atoms with Gasteiger partial charge in [-0.15, -0.1) is 0 Å². The fourth-order valence-corrected chi connectivity index (χ4v) is 4.81. The van der Waals surface area contributed by atoms with Crippen LogP contribution in [0.1, 0.15) is 27.9 Å².